The lowest BCUT2D eigenvalue weighted by Crippen LogP contribution is -2.08. The highest BCUT2D eigenvalue weighted by Gasteiger charge is 2.22. The minimum atomic E-state index is -0.589. The van der Waals surface area contributed by atoms with Crippen LogP contribution in [0.1, 0.15) is 28.3 Å². The Bertz CT molecular complexity index is 840. The second kappa shape index (κ2) is 7.14. The number of ketones is 1. The van der Waals surface area contributed by atoms with Crippen molar-refractivity contribution in [2.75, 3.05) is 21.0 Å². The highest BCUT2D eigenvalue weighted by atomic mass is 16.7. The van der Waals surface area contributed by atoms with Crippen LogP contribution in [0.5, 0.6) is 23.0 Å². The molecule has 6 heteroatoms. The molecule has 3 rings (SSSR count). The molecule has 25 heavy (non-hydrogen) atoms. The van der Waals surface area contributed by atoms with Crippen LogP contribution in [0.4, 0.5) is 0 Å². The molecule has 2 aromatic rings. The summed E-state index contributed by atoms with van der Waals surface area (Å²) in [6.07, 6.45) is 0.0405. The average Bonchev–Trinajstić information content (AvgIpc) is 3.13. The summed E-state index contributed by atoms with van der Waals surface area (Å²) in [7, 11) is 3.03. The lowest BCUT2D eigenvalue weighted by Gasteiger charge is -2.12. The van der Waals surface area contributed by atoms with E-state index in [9.17, 15) is 10.1 Å². The first-order valence-electron chi connectivity index (χ1n) is 7.70. The molecule has 0 saturated carbocycles. The maximum absolute atomic E-state index is 12.7. The van der Waals surface area contributed by atoms with E-state index in [4.69, 9.17) is 18.9 Å². The van der Waals surface area contributed by atoms with Crippen LogP contribution in [0.2, 0.25) is 0 Å². The van der Waals surface area contributed by atoms with Crippen molar-refractivity contribution in [2.45, 2.75) is 12.3 Å². The normalized spacial score (nSPS) is 13.0. The van der Waals surface area contributed by atoms with E-state index in [0.29, 0.717) is 34.1 Å². The lowest BCUT2D eigenvalue weighted by atomic mass is 9.92. The smallest absolute Gasteiger partial charge is 0.231 e. The SMILES string of the molecule is COc1ccc(C(=O)CC(C#N)c2ccc3c(c2)OCO3)c(OC)c1. The maximum atomic E-state index is 12.7. The van der Waals surface area contributed by atoms with E-state index in [1.165, 1.54) is 7.11 Å². The summed E-state index contributed by atoms with van der Waals surface area (Å²) in [6.45, 7) is 0.165. The summed E-state index contributed by atoms with van der Waals surface area (Å²) in [5.41, 5.74) is 1.14. The zero-order valence-corrected chi connectivity index (χ0v) is 13.9. The monoisotopic (exact) mass is 339 g/mol. The predicted molar refractivity (Wildman–Crippen MR) is 89.4 cm³/mol. The van der Waals surface area contributed by atoms with E-state index >= 15 is 0 Å². The van der Waals surface area contributed by atoms with Gasteiger partial charge in [-0.1, -0.05) is 6.07 Å². The first kappa shape index (κ1) is 16.7. The second-order valence-electron chi connectivity index (χ2n) is 5.49. The van der Waals surface area contributed by atoms with Gasteiger partial charge in [-0.05, 0) is 29.8 Å². The number of ether oxygens (including phenoxy) is 4. The molecule has 0 saturated heterocycles. The van der Waals surface area contributed by atoms with Gasteiger partial charge in [0.05, 0.1) is 31.8 Å². The van der Waals surface area contributed by atoms with Gasteiger partial charge >= 0.3 is 0 Å². The molecule has 1 aliphatic rings. The van der Waals surface area contributed by atoms with Crippen LogP contribution < -0.4 is 18.9 Å². The topological polar surface area (TPSA) is 77.8 Å². The number of carbonyl (C=O) groups excluding carboxylic acids is 1. The van der Waals surface area contributed by atoms with Gasteiger partial charge in [-0.3, -0.25) is 4.79 Å². The Morgan fingerprint density at radius 3 is 2.68 bits per heavy atom. The van der Waals surface area contributed by atoms with Crippen LogP contribution in [0.3, 0.4) is 0 Å². The van der Waals surface area contributed by atoms with Gasteiger partial charge in [0.15, 0.2) is 17.3 Å². The molecule has 0 N–H and O–H groups in total. The molecule has 0 bridgehead atoms. The number of fused-ring (bicyclic) bond motifs is 1. The summed E-state index contributed by atoms with van der Waals surface area (Å²) < 4.78 is 21.0. The Kier molecular flexibility index (Phi) is 4.75. The van der Waals surface area contributed by atoms with Gasteiger partial charge in [-0.25, -0.2) is 0 Å². The molecule has 0 fully saturated rings. The molecule has 0 aromatic heterocycles. The van der Waals surface area contributed by atoms with Crippen molar-refractivity contribution < 1.29 is 23.7 Å². The molecule has 1 unspecified atom stereocenters. The van der Waals surface area contributed by atoms with Gasteiger partial charge in [-0.15, -0.1) is 0 Å². The molecule has 0 spiro atoms. The molecule has 128 valence electrons. The lowest BCUT2D eigenvalue weighted by molar-refractivity contribution is 0.0976. The maximum Gasteiger partial charge on any atom is 0.231 e. The predicted octanol–water partition coefficient (Wildman–Crippen LogP) is 3.31. The zero-order valence-electron chi connectivity index (χ0n) is 13.9. The number of nitrogens with zero attached hydrogens (tertiary/aromatic N) is 1. The minimum Gasteiger partial charge on any atom is -0.497 e. The summed E-state index contributed by atoms with van der Waals surface area (Å²) in [5.74, 6) is 1.49. The van der Waals surface area contributed by atoms with E-state index < -0.39 is 5.92 Å². The number of rotatable bonds is 6. The number of carbonyl (C=O) groups is 1. The fourth-order valence-corrected chi connectivity index (χ4v) is 2.69. The van der Waals surface area contributed by atoms with Crippen molar-refractivity contribution in [3.05, 3.63) is 47.5 Å². The van der Waals surface area contributed by atoms with E-state index in [1.54, 1.807) is 43.5 Å². The number of benzene rings is 2. The Morgan fingerprint density at radius 2 is 1.96 bits per heavy atom. The zero-order chi connectivity index (χ0) is 17.8. The number of methoxy groups -OCH3 is 2. The van der Waals surface area contributed by atoms with E-state index in [-0.39, 0.29) is 19.0 Å². The summed E-state index contributed by atoms with van der Waals surface area (Å²) in [6, 6.07) is 12.4. The van der Waals surface area contributed by atoms with Crippen LogP contribution in [0.15, 0.2) is 36.4 Å². The van der Waals surface area contributed by atoms with Gasteiger partial charge < -0.3 is 18.9 Å². The standard InChI is InChI=1S/C19H17NO5/c1-22-14-4-5-15(18(9-14)23-2)16(21)7-13(10-20)12-3-6-17-19(8-12)25-11-24-17/h3-6,8-9,13H,7,11H2,1-2H3. The molecule has 1 aliphatic heterocycles. The summed E-state index contributed by atoms with van der Waals surface area (Å²) in [4.78, 5) is 12.7. The van der Waals surface area contributed by atoms with Gasteiger partial charge in [-0.2, -0.15) is 5.26 Å². The molecular formula is C19H17NO5. The van der Waals surface area contributed by atoms with E-state index in [2.05, 4.69) is 6.07 Å². The Labute approximate surface area is 145 Å². The summed E-state index contributed by atoms with van der Waals surface area (Å²) >= 11 is 0. The molecule has 1 heterocycles. The average molecular weight is 339 g/mol. The van der Waals surface area contributed by atoms with Crippen LogP contribution in [-0.2, 0) is 0 Å². The first-order chi connectivity index (χ1) is 12.2. The van der Waals surface area contributed by atoms with Crippen molar-refractivity contribution in [2.24, 2.45) is 0 Å². The first-order valence-corrected chi connectivity index (χ1v) is 7.70. The highest BCUT2D eigenvalue weighted by Crippen LogP contribution is 2.36. The molecule has 2 aromatic carbocycles. The van der Waals surface area contributed by atoms with Crippen molar-refractivity contribution in [3.63, 3.8) is 0 Å². The van der Waals surface area contributed by atoms with Crippen LogP contribution in [0, 0.1) is 11.3 Å². The van der Waals surface area contributed by atoms with E-state index in [1.807, 2.05) is 0 Å². The van der Waals surface area contributed by atoms with Crippen molar-refractivity contribution in [1.29, 1.82) is 5.26 Å². The van der Waals surface area contributed by atoms with Crippen molar-refractivity contribution >= 4 is 5.78 Å². The van der Waals surface area contributed by atoms with Crippen LogP contribution >= 0.6 is 0 Å². The number of nitriles is 1. The third-order valence-electron chi connectivity index (χ3n) is 4.05. The Hall–Kier alpha value is -3.20. The molecule has 0 radical (unpaired) electrons. The molecule has 1 atom stereocenters. The second-order valence-corrected chi connectivity index (χ2v) is 5.49. The molecular weight excluding hydrogens is 322 g/mol. The fraction of sp³-hybridized carbons (Fsp3) is 0.263. The Balaban J connectivity index is 1.82. The third-order valence-corrected chi connectivity index (χ3v) is 4.05. The van der Waals surface area contributed by atoms with Gasteiger partial charge in [0.2, 0.25) is 6.79 Å². The van der Waals surface area contributed by atoms with Gasteiger partial charge in [0, 0.05) is 12.5 Å². The third kappa shape index (κ3) is 3.36. The van der Waals surface area contributed by atoms with E-state index in [0.717, 1.165) is 0 Å². The quantitative estimate of drug-likeness (QED) is 0.751. The number of hydrogen-bond acceptors (Lipinski definition) is 6. The van der Waals surface area contributed by atoms with Gasteiger partial charge in [0.1, 0.15) is 11.5 Å². The fourth-order valence-electron chi connectivity index (χ4n) is 2.69. The highest BCUT2D eigenvalue weighted by molar-refractivity contribution is 5.99. The molecule has 0 amide bonds. The largest absolute Gasteiger partial charge is 0.497 e. The van der Waals surface area contributed by atoms with Gasteiger partial charge in [0.25, 0.3) is 0 Å². The van der Waals surface area contributed by atoms with Crippen molar-refractivity contribution in [1.82, 2.24) is 0 Å². The Morgan fingerprint density at radius 1 is 1.16 bits per heavy atom. The van der Waals surface area contributed by atoms with Crippen molar-refractivity contribution in [3.8, 4) is 29.1 Å². The summed E-state index contributed by atoms with van der Waals surface area (Å²) in [5, 5.41) is 9.51. The molecule has 0 aliphatic carbocycles. The number of hydrogen-bond donors (Lipinski definition) is 0. The van der Waals surface area contributed by atoms with Crippen LogP contribution in [0.25, 0.3) is 0 Å². The van der Waals surface area contributed by atoms with Crippen LogP contribution in [-0.4, -0.2) is 26.8 Å². The molecule has 6 nitrogen and oxygen atoms in total. The number of Topliss-reactive ketones (excluding diaryl/α,β-unsaturated/α-hetero) is 1. The minimum absolute atomic E-state index is 0.0405.